The number of amides is 3. The molecule has 3 aromatic rings. The van der Waals surface area contributed by atoms with Gasteiger partial charge in [0.2, 0.25) is 5.91 Å². The summed E-state index contributed by atoms with van der Waals surface area (Å²) in [5.74, 6) is 0.0361. The second kappa shape index (κ2) is 10.2. The van der Waals surface area contributed by atoms with Crippen LogP contribution in [0.5, 0.6) is 0 Å². The van der Waals surface area contributed by atoms with Crippen LogP contribution in [0.3, 0.4) is 0 Å². The molecule has 0 bridgehead atoms. The molecule has 3 N–H and O–H groups in total. The van der Waals surface area contributed by atoms with Crippen molar-refractivity contribution < 1.29 is 14.0 Å². The van der Waals surface area contributed by atoms with Gasteiger partial charge in [0.1, 0.15) is 12.4 Å². The van der Waals surface area contributed by atoms with Gasteiger partial charge < -0.3 is 16.0 Å². The summed E-state index contributed by atoms with van der Waals surface area (Å²) in [5, 5.41) is 7.34. The lowest BCUT2D eigenvalue weighted by Gasteiger charge is -2.32. The Balaban J connectivity index is 1.47. The lowest BCUT2D eigenvalue weighted by molar-refractivity contribution is -0.133. The van der Waals surface area contributed by atoms with Gasteiger partial charge in [-0.05, 0) is 54.7 Å². The van der Waals surface area contributed by atoms with Gasteiger partial charge in [-0.25, -0.2) is 9.18 Å². The summed E-state index contributed by atoms with van der Waals surface area (Å²) in [4.78, 5) is 29.9. The van der Waals surface area contributed by atoms with Gasteiger partial charge in [0.25, 0.3) is 0 Å². The number of hydrogen-bond donors (Lipinski definition) is 2. The van der Waals surface area contributed by atoms with E-state index < -0.39 is 6.03 Å². The zero-order valence-corrected chi connectivity index (χ0v) is 18.3. The number of carbonyl (C=O) groups is 2. The second-order valence-corrected chi connectivity index (χ2v) is 8.29. The molecule has 3 amide bonds. The van der Waals surface area contributed by atoms with E-state index >= 15 is 0 Å². The molecule has 3 heterocycles. The number of nitrogens with two attached hydrogens (primary N) is 1. The molecule has 8 nitrogen and oxygen atoms in total. The van der Waals surface area contributed by atoms with Crippen LogP contribution in [0.25, 0.3) is 11.3 Å². The normalized spacial score (nSPS) is 14.3. The summed E-state index contributed by atoms with van der Waals surface area (Å²) in [6.07, 6.45) is 5.57. The lowest BCUT2D eigenvalue weighted by atomic mass is 9.97. The van der Waals surface area contributed by atoms with Crippen molar-refractivity contribution in [3.8, 4) is 11.3 Å². The quantitative estimate of drug-likeness (QED) is 0.577. The molecule has 0 atom stereocenters. The molecule has 2 aromatic heterocycles. The molecule has 1 aliphatic rings. The Morgan fingerprint density at radius 3 is 2.45 bits per heavy atom. The number of carbonyl (C=O) groups excluding carboxylic acids is 2. The van der Waals surface area contributed by atoms with Gasteiger partial charge in [-0.3, -0.25) is 14.5 Å². The van der Waals surface area contributed by atoms with Gasteiger partial charge in [0, 0.05) is 49.7 Å². The van der Waals surface area contributed by atoms with Gasteiger partial charge in [-0.1, -0.05) is 12.1 Å². The highest BCUT2D eigenvalue weighted by Gasteiger charge is 2.24. The maximum atomic E-state index is 13.3. The number of hydrogen-bond acceptors (Lipinski definition) is 4. The monoisotopic (exact) mass is 450 g/mol. The fourth-order valence-corrected chi connectivity index (χ4v) is 4.07. The number of likely N-dealkylation sites (tertiary alicyclic amines) is 1. The summed E-state index contributed by atoms with van der Waals surface area (Å²) in [5.41, 5.74) is 8.64. The predicted molar refractivity (Wildman–Crippen MR) is 122 cm³/mol. The molecule has 4 rings (SSSR count). The molecule has 1 saturated heterocycles. The van der Waals surface area contributed by atoms with E-state index in [-0.39, 0.29) is 18.3 Å². The Labute approximate surface area is 191 Å². The van der Waals surface area contributed by atoms with E-state index in [4.69, 9.17) is 10.8 Å². The average molecular weight is 451 g/mol. The van der Waals surface area contributed by atoms with E-state index in [9.17, 15) is 14.0 Å². The molecule has 1 fully saturated rings. The largest absolute Gasteiger partial charge is 0.352 e. The van der Waals surface area contributed by atoms with Gasteiger partial charge >= 0.3 is 6.03 Å². The molecule has 0 unspecified atom stereocenters. The Bertz CT molecular complexity index is 1090. The van der Waals surface area contributed by atoms with Crippen molar-refractivity contribution >= 4 is 11.9 Å². The number of nitrogens with one attached hydrogen (secondary N) is 1. The number of nitrogens with zero attached hydrogens (tertiary/aromatic N) is 4. The topological polar surface area (TPSA) is 106 Å². The van der Waals surface area contributed by atoms with Gasteiger partial charge in [-0.15, -0.1) is 0 Å². The summed E-state index contributed by atoms with van der Waals surface area (Å²) >= 11 is 0. The Kier molecular flexibility index (Phi) is 6.97. The van der Waals surface area contributed by atoms with Crippen LogP contribution in [0.15, 0.2) is 54.9 Å². The van der Waals surface area contributed by atoms with Crippen molar-refractivity contribution in [1.29, 1.82) is 0 Å². The fourth-order valence-electron chi connectivity index (χ4n) is 4.07. The highest BCUT2D eigenvalue weighted by atomic mass is 19.1. The molecule has 0 saturated carbocycles. The molecule has 1 aromatic carbocycles. The number of halogens is 1. The molecule has 0 aliphatic carbocycles. The third-order valence-electron chi connectivity index (χ3n) is 5.96. The van der Waals surface area contributed by atoms with Crippen LogP contribution in [0.1, 0.15) is 24.1 Å². The smallest absolute Gasteiger partial charge is 0.312 e. The van der Waals surface area contributed by atoms with E-state index in [1.807, 2.05) is 23.1 Å². The zero-order valence-electron chi connectivity index (χ0n) is 18.3. The molecule has 0 radical (unpaired) electrons. The number of pyridine rings is 1. The van der Waals surface area contributed by atoms with Crippen LogP contribution >= 0.6 is 0 Å². The SMILES string of the molecule is NC(=O)NCC1CCN(C(=O)Cn2nc(-c3ccncc3)cc2Cc2ccc(F)cc2)CC1. The van der Waals surface area contributed by atoms with Gasteiger partial charge in [0.15, 0.2) is 0 Å². The summed E-state index contributed by atoms with van der Waals surface area (Å²) in [6.45, 7) is 1.94. The minimum absolute atomic E-state index is 0.000967. The van der Waals surface area contributed by atoms with Crippen LogP contribution in [-0.2, 0) is 17.8 Å². The fraction of sp³-hybridized carbons (Fsp3) is 0.333. The first-order valence-electron chi connectivity index (χ1n) is 11.0. The zero-order chi connectivity index (χ0) is 23.2. The third-order valence-corrected chi connectivity index (χ3v) is 5.96. The number of urea groups is 1. The first-order chi connectivity index (χ1) is 16.0. The number of rotatable bonds is 7. The molecule has 172 valence electrons. The number of benzene rings is 1. The number of aromatic nitrogens is 3. The molecular formula is C24H27FN6O2. The minimum Gasteiger partial charge on any atom is -0.352 e. The Hall–Kier alpha value is -3.75. The average Bonchev–Trinajstić information content (AvgIpc) is 3.22. The van der Waals surface area contributed by atoms with Crippen LogP contribution in [0.4, 0.5) is 9.18 Å². The van der Waals surface area contributed by atoms with Crippen molar-refractivity contribution in [1.82, 2.24) is 25.0 Å². The van der Waals surface area contributed by atoms with Crippen molar-refractivity contribution in [2.75, 3.05) is 19.6 Å². The Morgan fingerprint density at radius 2 is 1.79 bits per heavy atom. The van der Waals surface area contributed by atoms with E-state index in [1.165, 1.54) is 12.1 Å². The van der Waals surface area contributed by atoms with Crippen molar-refractivity contribution in [3.63, 3.8) is 0 Å². The van der Waals surface area contributed by atoms with Crippen LogP contribution in [0.2, 0.25) is 0 Å². The van der Waals surface area contributed by atoms with Crippen LogP contribution in [-0.4, -0.2) is 51.2 Å². The van der Waals surface area contributed by atoms with Crippen LogP contribution < -0.4 is 11.1 Å². The van der Waals surface area contributed by atoms with Crippen molar-refractivity contribution in [2.45, 2.75) is 25.8 Å². The minimum atomic E-state index is -0.522. The van der Waals surface area contributed by atoms with E-state index in [0.717, 1.165) is 35.4 Å². The van der Waals surface area contributed by atoms with Crippen molar-refractivity contribution in [3.05, 3.63) is 71.9 Å². The first kappa shape index (κ1) is 22.4. The first-order valence-corrected chi connectivity index (χ1v) is 11.0. The number of piperidine rings is 1. The highest BCUT2D eigenvalue weighted by Crippen LogP contribution is 2.22. The molecule has 33 heavy (non-hydrogen) atoms. The third kappa shape index (κ3) is 5.94. The standard InChI is InChI=1S/C24H27FN6O2/c25-20-3-1-17(2-4-20)13-21-14-22(19-5-9-27-10-6-19)29-31(21)16-23(32)30-11-7-18(8-12-30)15-28-24(26)33/h1-6,9-10,14,18H,7-8,11-13,15-16H2,(H3,26,28,33). The van der Waals surface area contributed by atoms with E-state index in [0.29, 0.717) is 32.0 Å². The van der Waals surface area contributed by atoms with Crippen LogP contribution in [0, 0.1) is 11.7 Å². The number of primary amides is 1. The molecular weight excluding hydrogens is 423 g/mol. The summed E-state index contributed by atoms with van der Waals surface area (Å²) < 4.78 is 15.1. The Morgan fingerprint density at radius 1 is 1.09 bits per heavy atom. The van der Waals surface area contributed by atoms with Gasteiger partial charge in [0.05, 0.1) is 5.69 Å². The molecule has 0 spiro atoms. The summed E-state index contributed by atoms with van der Waals surface area (Å²) in [7, 11) is 0. The second-order valence-electron chi connectivity index (χ2n) is 8.29. The molecule has 1 aliphatic heterocycles. The molecule has 9 heteroatoms. The highest BCUT2D eigenvalue weighted by molar-refractivity contribution is 5.76. The van der Waals surface area contributed by atoms with Crippen molar-refractivity contribution in [2.24, 2.45) is 11.7 Å². The maximum absolute atomic E-state index is 13.3. The summed E-state index contributed by atoms with van der Waals surface area (Å²) in [6, 6.07) is 11.5. The van der Waals surface area contributed by atoms with Gasteiger partial charge in [-0.2, -0.15) is 5.10 Å². The predicted octanol–water partition coefficient (Wildman–Crippen LogP) is 2.58. The lowest BCUT2D eigenvalue weighted by Crippen LogP contribution is -2.43. The van der Waals surface area contributed by atoms with E-state index in [1.54, 1.807) is 29.2 Å². The van der Waals surface area contributed by atoms with E-state index in [2.05, 4.69) is 10.3 Å². The maximum Gasteiger partial charge on any atom is 0.312 e.